The Labute approximate surface area is 198 Å². The topological polar surface area (TPSA) is 88.4 Å². The Morgan fingerprint density at radius 3 is 2.44 bits per heavy atom. The summed E-state index contributed by atoms with van der Waals surface area (Å²) >= 11 is 0. The molecule has 0 fully saturated rings. The quantitative estimate of drug-likeness (QED) is 0.328. The van der Waals surface area contributed by atoms with Crippen molar-refractivity contribution in [2.75, 3.05) is 6.54 Å². The second-order valence-electron chi connectivity index (χ2n) is 7.92. The monoisotopic (exact) mass is 451 g/mol. The molecule has 170 valence electrons. The van der Waals surface area contributed by atoms with E-state index < -0.39 is 5.91 Å². The molecular weight excluding hydrogens is 426 g/mol. The van der Waals surface area contributed by atoms with Gasteiger partial charge in [0.15, 0.2) is 0 Å². The molecule has 4 aromatic rings. The van der Waals surface area contributed by atoms with Gasteiger partial charge in [0.25, 0.3) is 11.8 Å². The summed E-state index contributed by atoms with van der Waals surface area (Å²) in [6.07, 6.45) is 3.42. The van der Waals surface area contributed by atoms with Gasteiger partial charge in [0.05, 0.1) is 18.4 Å². The fraction of sp³-hybridized carbons (Fsp3) is 0.111. The standard InChI is InChI=1S/C27H25N5O2/c1-19-11-13-21(14-12-19)27(34)28-17-25(33)30-29-16-23-18-32(24-9-4-3-5-10-24)31-26(23)22-8-6-7-20(2)15-22/h3-16,18H,17H2,1-2H3,(H,28,34)(H,30,33)/b29-16-. The van der Waals surface area contributed by atoms with E-state index in [1.54, 1.807) is 23.0 Å². The second kappa shape index (κ2) is 10.4. The van der Waals surface area contributed by atoms with Crippen LogP contribution in [0.2, 0.25) is 0 Å². The Morgan fingerprint density at radius 2 is 1.71 bits per heavy atom. The molecular formula is C27H25N5O2. The minimum Gasteiger partial charge on any atom is -0.343 e. The maximum atomic E-state index is 12.2. The zero-order chi connectivity index (χ0) is 23.9. The molecule has 7 nitrogen and oxygen atoms in total. The molecule has 2 N–H and O–H groups in total. The average molecular weight is 452 g/mol. The number of hydrogen-bond acceptors (Lipinski definition) is 4. The number of carbonyl (C=O) groups excluding carboxylic acids is 2. The van der Waals surface area contributed by atoms with Crippen molar-refractivity contribution in [3.8, 4) is 16.9 Å². The molecule has 0 bridgehead atoms. The molecule has 1 heterocycles. The Hall–Kier alpha value is -4.52. The molecule has 0 radical (unpaired) electrons. The first-order valence-electron chi connectivity index (χ1n) is 10.9. The van der Waals surface area contributed by atoms with E-state index in [1.165, 1.54) is 0 Å². The van der Waals surface area contributed by atoms with Gasteiger partial charge in [0.2, 0.25) is 0 Å². The normalized spacial score (nSPS) is 10.9. The summed E-state index contributed by atoms with van der Waals surface area (Å²) in [5, 5.41) is 11.4. The lowest BCUT2D eigenvalue weighted by Gasteiger charge is -2.04. The van der Waals surface area contributed by atoms with E-state index in [-0.39, 0.29) is 12.5 Å². The maximum absolute atomic E-state index is 12.2. The van der Waals surface area contributed by atoms with E-state index in [1.807, 2.05) is 86.8 Å². The molecule has 3 aromatic carbocycles. The van der Waals surface area contributed by atoms with Crippen LogP contribution in [0.1, 0.15) is 27.0 Å². The highest BCUT2D eigenvalue weighted by atomic mass is 16.2. The van der Waals surface area contributed by atoms with Crippen LogP contribution in [-0.4, -0.2) is 34.4 Å². The first kappa shape index (κ1) is 22.7. The van der Waals surface area contributed by atoms with Crippen molar-refractivity contribution in [1.29, 1.82) is 0 Å². The number of hydrazone groups is 1. The van der Waals surface area contributed by atoms with Gasteiger partial charge in [-0.05, 0) is 44.2 Å². The van der Waals surface area contributed by atoms with Crippen LogP contribution < -0.4 is 10.7 Å². The predicted molar refractivity (Wildman–Crippen MR) is 133 cm³/mol. The summed E-state index contributed by atoms with van der Waals surface area (Å²) in [4.78, 5) is 24.4. The van der Waals surface area contributed by atoms with Crippen LogP contribution in [0.4, 0.5) is 0 Å². The smallest absolute Gasteiger partial charge is 0.259 e. The third-order valence-corrected chi connectivity index (χ3v) is 5.17. The van der Waals surface area contributed by atoms with Gasteiger partial charge in [-0.25, -0.2) is 10.1 Å². The Balaban J connectivity index is 1.46. The number of aryl methyl sites for hydroxylation is 2. The van der Waals surface area contributed by atoms with Crippen LogP contribution in [0.5, 0.6) is 0 Å². The van der Waals surface area contributed by atoms with Crippen LogP contribution in [-0.2, 0) is 4.79 Å². The van der Waals surface area contributed by atoms with Crippen LogP contribution >= 0.6 is 0 Å². The fourth-order valence-electron chi connectivity index (χ4n) is 3.39. The Morgan fingerprint density at radius 1 is 0.941 bits per heavy atom. The number of rotatable bonds is 7. The van der Waals surface area contributed by atoms with Crippen molar-refractivity contribution in [2.24, 2.45) is 5.10 Å². The van der Waals surface area contributed by atoms with Crippen LogP contribution in [0.3, 0.4) is 0 Å². The summed E-state index contributed by atoms with van der Waals surface area (Å²) in [5.41, 5.74) is 8.50. The van der Waals surface area contributed by atoms with Gasteiger partial charge < -0.3 is 5.32 Å². The molecule has 0 atom stereocenters. The van der Waals surface area contributed by atoms with Crippen molar-refractivity contribution in [1.82, 2.24) is 20.5 Å². The molecule has 0 saturated carbocycles. The lowest BCUT2D eigenvalue weighted by atomic mass is 10.1. The fourth-order valence-corrected chi connectivity index (χ4v) is 3.39. The van der Waals surface area contributed by atoms with E-state index in [4.69, 9.17) is 5.10 Å². The van der Waals surface area contributed by atoms with Crippen LogP contribution in [0, 0.1) is 13.8 Å². The van der Waals surface area contributed by atoms with Gasteiger partial charge in [-0.1, -0.05) is 59.7 Å². The van der Waals surface area contributed by atoms with Crippen molar-refractivity contribution < 1.29 is 9.59 Å². The van der Waals surface area contributed by atoms with E-state index in [0.717, 1.165) is 33.6 Å². The highest BCUT2D eigenvalue weighted by molar-refractivity contribution is 5.96. The molecule has 1 aromatic heterocycles. The number of hydrogen-bond donors (Lipinski definition) is 2. The van der Waals surface area contributed by atoms with Gasteiger partial charge in [-0.15, -0.1) is 0 Å². The number of para-hydroxylation sites is 1. The molecule has 7 heteroatoms. The molecule has 4 rings (SSSR count). The number of amides is 2. The second-order valence-corrected chi connectivity index (χ2v) is 7.92. The lowest BCUT2D eigenvalue weighted by molar-refractivity contribution is -0.120. The molecule has 0 aliphatic rings. The van der Waals surface area contributed by atoms with Crippen molar-refractivity contribution >= 4 is 18.0 Å². The van der Waals surface area contributed by atoms with E-state index >= 15 is 0 Å². The SMILES string of the molecule is Cc1ccc(C(=O)NCC(=O)N/N=C\c2cn(-c3ccccc3)nc2-c2cccc(C)c2)cc1. The first-order valence-corrected chi connectivity index (χ1v) is 10.9. The lowest BCUT2D eigenvalue weighted by Crippen LogP contribution is -2.34. The Kier molecular flexibility index (Phi) is 6.93. The summed E-state index contributed by atoms with van der Waals surface area (Å²) in [5.74, 6) is -0.741. The molecule has 0 saturated heterocycles. The Bertz CT molecular complexity index is 1320. The number of nitrogens with zero attached hydrogens (tertiary/aromatic N) is 3. The van der Waals surface area contributed by atoms with Gasteiger partial charge in [-0.3, -0.25) is 9.59 Å². The number of carbonyl (C=O) groups is 2. The number of benzene rings is 3. The van der Waals surface area contributed by atoms with Gasteiger partial charge in [0, 0.05) is 22.9 Å². The highest BCUT2D eigenvalue weighted by Crippen LogP contribution is 2.23. The molecule has 34 heavy (non-hydrogen) atoms. The number of nitrogens with one attached hydrogen (secondary N) is 2. The summed E-state index contributed by atoms with van der Waals surface area (Å²) in [6.45, 7) is 3.79. The van der Waals surface area contributed by atoms with E-state index in [9.17, 15) is 9.59 Å². The van der Waals surface area contributed by atoms with Gasteiger partial charge in [0.1, 0.15) is 5.69 Å². The minimum atomic E-state index is -0.427. The van der Waals surface area contributed by atoms with Gasteiger partial charge >= 0.3 is 0 Å². The largest absolute Gasteiger partial charge is 0.343 e. The first-order chi connectivity index (χ1) is 16.5. The third-order valence-electron chi connectivity index (χ3n) is 5.17. The maximum Gasteiger partial charge on any atom is 0.259 e. The average Bonchev–Trinajstić information content (AvgIpc) is 3.28. The molecule has 0 spiro atoms. The van der Waals surface area contributed by atoms with Crippen molar-refractivity contribution in [3.05, 3.63) is 107 Å². The molecule has 2 amide bonds. The molecule has 0 unspecified atom stereocenters. The molecule has 0 aliphatic carbocycles. The summed E-state index contributed by atoms with van der Waals surface area (Å²) < 4.78 is 1.78. The number of aromatic nitrogens is 2. The zero-order valence-corrected chi connectivity index (χ0v) is 19.0. The minimum absolute atomic E-state index is 0.182. The summed E-state index contributed by atoms with van der Waals surface area (Å²) in [7, 11) is 0. The van der Waals surface area contributed by atoms with Crippen LogP contribution in [0.25, 0.3) is 16.9 Å². The molecule has 0 aliphatic heterocycles. The van der Waals surface area contributed by atoms with Gasteiger partial charge in [-0.2, -0.15) is 10.2 Å². The zero-order valence-electron chi connectivity index (χ0n) is 19.0. The predicted octanol–water partition coefficient (Wildman–Crippen LogP) is 4.04. The van der Waals surface area contributed by atoms with Crippen molar-refractivity contribution in [3.63, 3.8) is 0 Å². The third kappa shape index (κ3) is 5.63. The van der Waals surface area contributed by atoms with E-state index in [2.05, 4.69) is 15.8 Å². The van der Waals surface area contributed by atoms with Crippen LogP contribution in [0.15, 0.2) is 90.2 Å². The van der Waals surface area contributed by atoms with Crippen molar-refractivity contribution in [2.45, 2.75) is 13.8 Å². The highest BCUT2D eigenvalue weighted by Gasteiger charge is 2.12. The summed E-state index contributed by atoms with van der Waals surface area (Å²) in [6, 6.07) is 24.9. The van der Waals surface area contributed by atoms with E-state index in [0.29, 0.717) is 5.56 Å².